The molecule has 3 aliphatic rings. The molecule has 0 spiro atoms. The third kappa shape index (κ3) is 7.47. The number of allylic oxidation sites excluding steroid dienone is 10. The number of fused-ring (bicyclic) bond motifs is 4. The third-order valence-corrected chi connectivity index (χ3v) is 15.8. The van der Waals surface area contributed by atoms with Gasteiger partial charge < -0.3 is 4.90 Å². The van der Waals surface area contributed by atoms with E-state index in [1.807, 2.05) is 17.4 Å². The van der Waals surface area contributed by atoms with Crippen LogP contribution in [0, 0.1) is 0 Å². The van der Waals surface area contributed by atoms with Crippen LogP contribution in [-0.2, 0) is 11.8 Å². The summed E-state index contributed by atoms with van der Waals surface area (Å²) in [6.07, 6.45) is 19.9. The van der Waals surface area contributed by atoms with E-state index in [2.05, 4.69) is 237 Å². The number of hydrogen-bond acceptors (Lipinski definition) is 3. The number of benzene rings is 7. The monoisotopic (exact) mass is 907 g/mol. The lowest BCUT2D eigenvalue weighted by atomic mass is 9.80. The summed E-state index contributed by atoms with van der Waals surface area (Å²) < 4.78 is 2.39. The van der Waals surface area contributed by atoms with Crippen LogP contribution in [0.25, 0.3) is 78.4 Å². The highest BCUT2D eigenvalue weighted by Crippen LogP contribution is 2.49. The SMILES string of the molecule is C=CC1=C(/C=C\C)C(C)(C)c2cc(-c3ccc(N(c4ccc(-c5cccc6ccccc56)cc4)c4ccc(-c5nc6ccccc6n5C5=CC=C(c6cc7c(s6)CCC=C7)CC5)cc4)cc3)ccc21. The van der Waals surface area contributed by atoms with E-state index in [-0.39, 0.29) is 5.41 Å². The van der Waals surface area contributed by atoms with E-state index in [9.17, 15) is 0 Å². The first-order valence-electron chi connectivity index (χ1n) is 24.3. The van der Waals surface area contributed by atoms with Crippen molar-refractivity contribution in [2.45, 2.75) is 51.9 Å². The Morgan fingerprint density at radius 3 is 2.09 bits per heavy atom. The predicted molar refractivity (Wildman–Crippen MR) is 296 cm³/mol. The fraction of sp³-hybridized carbons (Fsp3) is 0.123. The van der Waals surface area contributed by atoms with Crippen molar-refractivity contribution >= 4 is 73.1 Å². The van der Waals surface area contributed by atoms with Crippen LogP contribution in [0.15, 0.2) is 212 Å². The summed E-state index contributed by atoms with van der Waals surface area (Å²) in [6.45, 7) is 10.9. The quantitative estimate of drug-likeness (QED) is 0.136. The molecule has 0 amide bonds. The Labute approximate surface area is 409 Å². The largest absolute Gasteiger partial charge is 0.311 e. The predicted octanol–water partition coefficient (Wildman–Crippen LogP) is 18.2. The number of aromatic nitrogens is 2. The summed E-state index contributed by atoms with van der Waals surface area (Å²) in [4.78, 5) is 10.6. The van der Waals surface area contributed by atoms with Gasteiger partial charge >= 0.3 is 0 Å². The minimum Gasteiger partial charge on any atom is -0.311 e. The molecule has 0 N–H and O–H groups in total. The lowest BCUT2D eigenvalue weighted by Crippen LogP contribution is -2.16. The van der Waals surface area contributed by atoms with Gasteiger partial charge in [0.15, 0.2) is 0 Å². The van der Waals surface area contributed by atoms with E-state index >= 15 is 0 Å². The Hall–Kier alpha value is -7.79. The highest BCUT2D eigenvalue weighted by Gasteiger charge is 2.35. The van der Waals surface area contributed by atoms with Crippen molar-refractivity contribution in [1.29, 1.82) is 0 Å². The summed E-state index contributed by atoms with van der Waals surface area (Å²) >= 11 is 1.97. The molecule has 69 heavy (non-hydrogen) atoms. The molecular weight excluding hydrogens is 855 g/mol. The number of rotatable bonds is 10. The van der Waals surface area contributed by atoms with Crippen LogP contribution in [0.3, 0.4) is 0 Å². The fourth-order valence-electron chi connectivity index (χ4n) is 11.0. The van der Waals surface area contributed by atoms with Crippen LogP contribution in [-0.4, -0.2) is 9.55 Å². The van der Waals surface area contributed by atoms with Gasteiger partial charge in [0, 0.05) is 43.5 Å². The van der Waals surface area contributed by atoms with Crippen LogP contribution in [0.4, 0.5) is 17.1 Å². The second-order valence-electron chi connectivity index (χ2n) is 19.0. The highest BCUT2D eigenvalue weighted by molar-refractivity contribution is 7.13. The third-order valence-electron chi connectivity index (χ3n) is 14.5. The minimum atomic E-state index is -0.123. The number of imidazole rings is 1. The molecule has 12 rings (SSSR count). The Bertz CT molecular complexity index is 3630. The van der Waals surface area contributed by atoms with Gasteiger partial charge in [0.05, 0.1) is 11.0 Å². The average Bonchev–Trinajstić information content (AvgIpc) is 4.07. The van der Waals surface area contributed by atoms with Gasteiger partial charge in [-0.2, -0.15) is 0 Å². The summed E-state index contributed by atoms with van der Waals surface area (Å²) in [5, 5.41) is 2.50. The molecule has 0 radical (unpaired) electrons. The topological polar surface area (TPSA) is 21.1 Å². The number of thiophene rings is 1. The van der Waals surface area contributed by atoms with E-state index < -0.39 is 0 Å². The maximum atomic E-state index is 5.29. The molecule has 2 heterocycles. The molecule has 0 aliphatic heterocycles. The first kappa shape index (κ1) is 42.6. The van der Waals surface area contributed by atoms with Gasteiger partial charge in [-0.3, -0.25) is 4.57 Å². The Morgan fingerprint density at radius 2 is 1.36 bits per heavy atom. The fourth-order valence-corrected chi connectivity index (χ4v) is 12.2. The van der Waals surface area contributed by atoms with E-state index in [1.54, 1.807) is 0 Å². The van der Waals surface area contributed by atoms with E-state index in [0.717, 1.165) is 65.2 Å². The van der Waals surface area contributed by atoms with Gasteiger partial charge in [-0.05, 0) is 178 Å². The number of nitrogens with zero attached hydrogens (tertiary/aromatic N) is 3. The molecule has 0 fully saturated rings. The van der Waals surface area contributed by atoms with Crippen LogP contribution in [0.2, 0.25) is 0 Å². The molecule has 7 aromatic carbocycles. The van der Waals surface area contributed by atoms with Gasteiger partial charge in [-0.15, -0.1) is 11.3 Å². The number of para-hydroxylation sites is 2. The lowest BCUT2D eigenvalue weighted by molar-refractivity contribution is 0.654. The van der Waals surface area contributed by atoms with Crippen molar-refractivity contribution in [1.82, 2.24) is 9.55 Å². The zero-order valence-electron chi connectivity index (χ0n) is 39.4. The molecule has 4 heteroatoms. The van der Waals surface area contributed by atoms with Gasteiger partial charge in [0.1, 0.15) is 5.82 Å². The van der Waals surface area contributed by atoms with Crippen molar-refractivity contribution in [3.8, 4) is 33.6 Å². The molecule has 0 unspecified atom stereocenters. The molecule has 3 nitrogen and oxygen atoms in total. The van der Waals surface area contributed by atoms with Crippen LogP contribution < -0.4 is 4.90 Å². The molecule has 0 bridgehead atoms. The summed E-state index contributed by atoms with van der Waals surface area (Å²) in [5.74, 6) is 0.962. The standard InChI is InChI=1S/C65H53N3S/c1-5-14-58-54(6-2)57-40-31-48(41-59(57)65(58,3)4)43-23-32-50(33-24-43)67(51-34-25-45(26-35-51)56-19-13-17-44-15-7-9-18-55(44)56)52-38-29-47(30-39-52)64-66-60-20-10-11-21-61(60)68(64)53-36-27-46(28-37-53)63-42-49-16-8-12-22-62(49)69-63/h5-11,13-21,23-27,29-36,38-42H,2,12,22,28,37H2,1,3-4H3/b14-5-. The van der Waals surface area contributed by atoms with Crippen LogP contribution >= 0.6 is 11.3 Å². The van der Waals surface area contributed by atoms with E-state index in [4.69, 9.17) is 4.98 Å². The Balaban J connectivity index is 0.910. The van der Waals surface area contributed by atoms with Crippen LogP contribution in [0.1, 0.15) is 66.5 Å². The normalized spacial score (nSPS) is 15.1. The number of hydrogen-bond donors (Lipinski definition) is 0. The summed E-state index contributed by atoms with van der Waals surface area (Å²) in [7, 11) is 0. The van der Waals surface area contributed by atoms with Crippen molar-refractivity contribution in [3.05, 3.63) is 239 Å². The second-order valence-corrected chi connectivity index (χ2v) is 20.1. The van der Waals surface area contributed by atoms with Crippen molar-refractivity contribution < 1.29 is 0 Å². The van der Waals surface area contributed by atoms with Crippen molar-refractivity contribution in [2.24, 2.45) is 0 Å². The van der Waals surface area contributed by atoms with E-state index in [1.165, 1.54) is 81.9 Å². The molecule has 0 saturated heterocycles. The number of anilines is 3. The first-order chi connectivity index (χ1) is 33.9. The van der Waals surface area contributed by atoms with Gasteiger partial charge in [0.2, 0.25) is 0 Å². The van der Waals surface area contributed by atoms with Gasteiger partial charge in [-0.1, -0.05) is 148 Å². The summed E-state index contributed by atoms with van der Waals surface area (Å²) in [6, 6.07) is 60.1. The Kier molecular flexibility index (Phi) is 10.7. The molecule has 0 atom stereocenters. The van der Waals surface area contributed by atoms with Crippen LogP contribution in [0.5, 0.6) is 0 Å². The summed E-state index contributed by atoms with van der Waals surface area (Å²) in [5.41, 5.74) is 20.4. The zero-order chi connectivity index (χ0) is 46.6. The Morgan fingerprint density at radius 1 is 0.667 bits per heavy atom. The molecule has 334 valence electrons. The minimum absolute atomic E-state index is 0.123. The molecule has 3 aliphatic carbocycles. The number of aryl methyl sites for hydroxylation is 1. The maximum Gasteiger partial charge on any atom is 0.145 e. The van der Waals surface area contributed by atoms with Gasteiger partial charge in [0.25, 0.3) is 0 Å². The van der Waals surface area contributed by atoms with E-state index in [0.29, 0.717) is 0 Å². The highest BCUT2D eigenvalue weighted by atomic mass is 32.1. The van der Waals surface area contributed by atoms with Gasteiger partial charge in [-0.25, -0.2) is 4.98 Å². The zero-order valence-corrected chi connectivity index (χ0v) is 40.2. The lowest BCUT2D eigenvalue weighted by Gasteiger charge is -2.26. The molecule has 9 aromatic rings. The first-order valence-corrected chi connectivity index (χ1v) is 25.1. The molecule has 2 aromatic heterocycles. The van der Waals surface area contributed by atoms with Crippen molar-refractivity contribution in [3.63, 3.8) is 0 Å². The second kappa shape index (κ2) is 17.4. The van der Waals surface area contributed by atoms with Crippen molar-refractivity contribution in [2.75, 3.05) is 4.90 Å². The smallest absolute Gasteiger partial charge is 0.145 e. The molecule has 0 saturated carbocycles. The average molecular weight is 908 g/mol. The maximum absolute atomic E-state index is 5.29. The molecular formula is C65H53N3S.